The molecule has 1 N–H and O–H groups in total. The van der Waals surface area contributed by atoms with Crippen LogP contribution in [0.3, 0.4) is 0 Å². The van der Waals surface area contributed by atoms with Gasteiger partial charge in [-0.2, -0.15) is 0 Å². The summed E-state index contributed by atoms with van der Waals surface area (Å²) < 4.78 is 4.93. The molecule has 1 aromatic heterocycles. The Morgan fingerprint density at radius 2 is 1.93 bits per heavy atom. The third kappa shape index (κ3) is 4.69. The van der Waals surface area contributed by atoms with Crippen molar-refractivity contribution < 1.29 is 4.52 Å². The molecule has 6 heteroatoms. The molecule has 1 saturated heterocycles. The van der Waals surface area contributed by atoms with Crippen molar-refractivity contribution in [2.45, 2.75) is 25.8 Å². The van der Waals surface area contributed by atoms with Crippen LogP contribution in [0.15, 0.2) is 52.2 Å². The number of nitrogens with one attached hydrogen (secondary N) is 1. The van der Waals surface area contributed by atoms with Gasteiger partial charge < -0.3 is 14.7 Å². The highest BCUT2D eigenvalue weighted by atomic mass is 16.5. The van der Waals surface area contributed by atoms with Crippen LogP contribution in [-0.2, 0) is 13.0 Å². The Labute approximate surface area is 161 Å². The monoisotopic (exact) mass is 367 g/mol. The second-order valence-corrected chi connectivity index (χ2v) is 7.82. The van der Waals surface area contributed by atoms with Gasteiger partial charge in [0, 0.05) is 52.4 Å². The standard InChI is InChI=1S/C21H29N5O/c1-22-20(23-17-21(8-9-21)15-18-5-3-2-4-6-18)26-12-10-25(11-13-26)16-19-7-14-27-24-19/h2-7,14H,8-13,15-17H2,1H3,(H,22,23). The van der Waals surface area contributed by atoms with Crippen LogP contribution < -0.4 is 5.32 Å². The lowest BCUT2D eigenvalue weighted by Crippen LogP contribution is -2.53. The van der Waals surface area contributed by atoms with Gasteiger partial charge >= 0.3 is 0 Å². The summed E-state index contributed by atoms with van der Waals surface area (Å²) in [6.07, 6.45) is 5.40. The first-order valence-corrected chi connectivity index (χ1v) is 9.88. The molecule has 0 unspecified atom stereocenters. The lowest BCUT2D eigenvalue weighted by molar-refractivity contribution is 0.168. The van der Waals surface area contributed by atoms with Gasteiger partial charge in [0.2, 0.25) is 0 Å². The van der Waals surface area contributed by atoms with Gasteiger partial charge in [0.1, 0.15) is 6.26 Å². The maximum Gasteiger partial charge on any atom is 0.193 e. The van der Waals surface area contributed by atoms with Crippen molar-refractivity contribution in [1.29, 1.82) is 0 Å². The summed E-state index contributed by atoms with van der Waals surface area (Å²) >= 11 is 0. The molecule has 0 bridgehead atoms. The summed E-state index contributed by atoms with van der Waals surface area (Å²) in [7, 11) is 1.89. The predicted molar refractivity (Wildman–Crippen MR) is 107 cm³/mol. The molecule has 0 spiro atoms. The maximum absolute atomic E-state index is 4.93. The molecule has 1 aliphatic heterocycles. The van der Waals surface area contributed by atoms with E-state index < -0.39 is 0 Å². The first-order chi connectivity index (χ1) is 13.3. The fourth-order valence-corrected chi connectivity index (χ4v) is 3.89. The minimum Gasteiger partial charge on any atom is -0.364 e. The van der Waals surface area contributed by atoms with Crippen molar-refractivity contribution in [2.24, 2.45) is 10.4 Å². The van der Waals surface area contributed by atoms with Crippen molar-refractivity contribution in [3.63, 3.8) is 0 Å². The number of nitrogens with zero attached hydrogens (tertiary/aromatic N) is 4. The molecule has 1 aliphatic carbocycles. The number of guanidine groups is 1. The molecule has 0 radical (unpaired) electrons. The van der Waals surface area contributed by atoms with Crippen LogP contribution in [0.2, 0.25) is 0 Å². The average Bonchev–Trinajstić information content (AvgIpc) is 3.26. The van der Waals surface area contributed by atoms with E-state index >= 15 is 0 Å². The second kappa shape index (κ2) is 8.13. The van der Waals surface area contributed by atoms with E-state index in [1.165, 1.54) is 18.4 Å². The van der Waals surface area contributed by atoms with E-state index in [1.807, 2.05) is 13.1 Å². The molecule has 2 heterocycles. The third-order valence-corrected chi connectivity index (χ3v) is 5.76. The van der Waals surface area contributed by atoms with Gasteiger partial charge in [-0.3, -0.25) is 9.89 Å². The zero-order valence-electron chi connectivity index (χ0n) is 16.1. The summed E-state index contributed by atoms with van der Waals surface area (Å²) in [5.74, 6) is 1.04. The molecule has 144 valence electrons. The highest BCUT2D eigenvalue weighted by Crippen LogP contribution is 2.47. The smallest absolute Gasteiger partial charge is 0.193 e. The Hall–Kier alpha value is -2.34. The van der Waals surface area contributed by atoms with Crippen LogP contribution in [0.1, 0.15) is 24.1 Å². The van der Waals surface area contributed by atoms with E-state index in [0.29, 0.717) is 5.41 Å². The number of piperazine rings is 1. The van der Waals surface area contributed by atoms with E-state index in [4.69, 9.17) is 4.52 Å². The Morgan fingerprint density at radius 1 is 1.15 bits per heavy atom. The molecule has 4 rings (SSSR count). The Bertz CT molecular complexity index is 731. The number of aromatic nitrogens is 1. The van der Waals surface area contributed by atoms with Gasteiger partial charge in [0.25, 0.3) is 0 Å². The Balaban J connectivity index is 1.25. The van der Waals surface area contributed by atoms with E-state index in [1.54, 1.807) is 6.26 Å². The topological polar surface area (TPSA) is 56.9 Å². The van der Waals surface area contributed by atoms with Crippen molar-refractivity contribution >= 4 is 5.96 Å². The van der Waals surface area contributed by atoms with Crippen LogP contribution in [0.4, 0.5) is 0 Å². The van der Waals surface area contributed by atoms with E-state index in [2.05, 4.69) is 55.6 Å². The average molecular weight is 367 g/mol. The number of rotatable bonds is 6. The molecule has 1 saturated carbocycles. The van der Waals surface area contributed by atoms with Gasteiger partial charge in [-0.05, 0) is 30.2 Å². The lowest BCUT2D eigenvalue weighted by atomic mass is 9.96. The summed E-state index contributed by atoms with van der Waals surface area (Å²) in [5.41, 5.74) is 2.85. The predicted octanol–water partition coefficient (Wildman–Crippen LogP) is 2.39. The van der Waals surface area contributed by atoms with Crippen molar-refractivity contribution in [1.82, 2.24) is 20.3 Å². The zero-order valence-corrected chi connectivity index (χ0v) is 16.1. The van der Waals surface area contributed by atoms with Crippen LogP contribution in [0.5, 0.6) is 0 Å². The van der Waals surface area contributed by atoms with Crippen molar-refractivity contribution in [3.05, 3.63) is 53.9 Å². The Morgan fingerprint density at radius 3 is 2.56 bits per heavy atom. The molecule has 2 fully saturated rings. The molecule has 2 aromatic rings. The van der Waals surface area contributed by atoms with Gasteiger partial charge in [-0.1, -0.05) is 35.5 Å². The molecule has 1 aromatic carbocycles. The molecule has 2 aliphatic rings. The summed E-state index contributed by atoms with van der Waals surface area (Å²) in [4.78, 5) is 9.32. The van der Waals surface area contributed by atoms with Crippen LogP contribution >= 0.6 is 0 Å². The van der Waals surface area contributed by atoms with Gasteiger partial charge in [-0.25, -0.2) is 0 Å². The maximum atomic E-state index is 4.93. The first kappa shape index (κ1) is 18.0. The highest BCUT2D eigenvalue weighted by molar-refractivity contribution is 5.80. The third-order valence-electron chi connectivity index (χ3n) is 5.76. The summed E-state index contributed by atoms with van der Waals surface area (Å²) in [5, 5.41) is 7.66. The number of benzene rings is 1. The fourth-order valence-electron chi connectivity index (χ4n) is 3.89. The molecular weight excluding hydrogens is 338 g/mol. The number of hydrogen-bond acceptors (Lipinski definition) is 4. The highest BCUT2D eigenvalue weighted by Gasteiger charge is 2.42. The van der Waals surface area contributed by atoms with Crippen molar-refractivity contribution in [2.75, 3.05) is 39.8 Å². The fraction of sp³-hybridized carbons (Fsp3) is 0.524. The normalized spacial score (nSPS) is 19.9. The molecule has 0 atom stereocenters. The van der Waals surface area contributed by atoms with Crippen molar-refractivity contribution in [3.8, 4) is 0 Å². The number of hydrogen-bond donors (Lipinski definition) is 1. The van der Waals surface area contributed by atoms with Crippen LogP contribution in [0, 0.1) is 5.41 Å². The van der Waals surface area contributed by atoms with Gasteiger partial charge in [0.15, 0.2) is 5.96 Å². The zero-order chi connectivity index (χ0) is 18.5. The summed E-state index contributed by atoms with van der Waals surface area (Å²) in [6.45, 7) is 5.88. The molecule has 27 heavy (non-hydrogen) atoms. The molecular formula is C21H29N5O. The summed E-state index contributed by atoms with van der Waals surface area (Å²) in [6, 6.07) is 12.8. The van der Waals surface area contributed by atoms with Crippen LogP contribution in [-0.4, -0.2) is 60.7 Å². The molecule has 0 amide bonds. The molecule has 6 nitrogen and oxygen atoms in total. The first-order valence-electron chi connectivity index (χ1n) is 9.88. The number of aliphatic imine (C=N–C) groups is 1. The van der Waals surface area contributed by atoms with Gasteiger partial charge in [0.05, 0.1) is 5.69 Å². The Kier molecular flexibility index (Phi) is 5.43. The minimum absolute atomic E-state index is 0.409. The largest absolute Gasteiger partial charge is 0.364 e. The van der Waals surface area contributed by atoms with E-state index in [9.17, 15) is 0 Å². The van der Waals surface area contributed by atoms with Crippen LogP contribution in [0.25, 0.3) is 0 Å². The quantitative estimate of drug-likeness (QED) is 0.628. The minimum atomic E-state index is 0.409. The van der Waals surface area contributed by atoms with E-state index in [0.717, 1.165) is 57.3 Å². The SMILES string of the molecule is CN=C(NCC1(Cc2ccccc2)CC1)N1CCN(Cc2ccon2)CC1. The lowest BCUT2D eigenvalue weighted by Gasteiger charge is -2.36. The van der Waals surface area contributed by atoms with Gasteiger partial charge in [-0.15, -0.1) is 0 Å². The van der Waals surface area contributed by atoms with E-state index in [-0.39, 0.29) is 0 Å². The second-order valence-electron chi connectivity index (χ2n) is 7.82.